The molecule has 3 nitrogen and oxygen atoms in total. The molecule has 0 aliphatic carbocycles. The first-order valence-corrected chi connectivity index (χ1v) is 5.88. The lowest BCUT2D eigenvalue weighted by Crippen LogP contribution is -1.97. The lowest BCUT2D eigenvalue weighted by atomic mass is 10.3. The van der Waals surface area contributed by atoms with Crippen molar-refractivity contribution < 1.29 is 13.2 Å². The number of halogens is 2. The Morgan fingerprint density at radius 1 is 1.27 bits per heavy atom. The highest BCUT2D eigenvalue weighted by Crippen LogP contribution is 2.04. The van der Waals surface area contributed by atoms with Crippen molar-refractivity contribution in [2.24, 2.45) is 0 Å². The normalized spacial score (nSPS) is 11.5. The molecule has 0 amide bonds. The molecule has 0 rings (SSSR count). The molecule has 0 aromatic carbocycles. The van der Waals surface area contributed by atoms with Crippen molar-refractivity contribution in [2.75, 3.05) is 5.75 Å². The van der Waals surface area contributed by atoms with Crippen LogP contribution in [0.1, 0.15) is 19.3 Å². The van der Waals surface area contributed by atoms with Gasteiger partial charge in [0, 0.05) is 17.1 Å². The molecule has 0 atom stereocenters. The Hall–Kier alpha value is 0.200. The summed E-state index contributed by atoms with van der Waals surface area (Å²) in [6, 6.07) is 0. The van der Waals surface area contributed by atoms with E-state index >= 15 is 0 Å². The Bertz CT molecular complexity index is 222. The van der Waals surface area contributed by atoms with Gasteiger partial charge in [-0.15, -0.1) is 0 Å². The van der Waals surface area contributed by atoms with E-state index in [-0.39, 0.29) is 12.2 Å². The number of rotatable bonds is 5. The minimum atomic E-state index is -3.40. The Labute approximate surface area is 75.1 Å². The van der Waals surface area contributed by atoms with Crippen LogP contribution in [0.5, 0.6) is 0 Å². The maximum absolute atomic E-state index is 10.3. The summed E-state index contributed by atoms with van der Waals surface area (Å²) < 4.78 is 20.6. The summed E-state index contributed by atoms with van der Waals surface area (Å²) >= 11 is 5.01. The maximum Gasteiger partial charge on any atom is 0.232 e. The van der Waals surface area contributed by atoms with Crippen molar-refractivity contribution in [3.8, 4) is 0 Å². The van der Waals surface area contributed by atoms with Crippen LogP contribution >= 0.6 is 22.3 Å². The first-order chi connectivity index (χ1) is 4.92. The quantitative estimate of drug-likeness (QED) is 0.520. The summed E-state index contributed by atoms with van der Waals surface area (Å²) in [5, 5.41) is -0.447. The van der Waals surface area contributed by atoms with Gasteiger partial charge in [-0.1, -0.05) is 0 Å². The second-order valence-electron chi connectivity index (χ2n) is 2.06. The summed E-state index contributed by atoms with van der Waals surface area (Å²) in [7, 11) is 1.50. The number of hydrogen-bond acceptors (Lipinski definition) is 3. The Morgan fingerprint density at radius 2 is 1.82 bits per heavy atom. The first kappa shape index (κ1) is 11.2. The van der Waals surface area contributed by atoms with E-state index in [1.807, 2.05) is 0 Å². The molecule has 0 aromatic heterocycles. The van der Waals surface area contributed by atoms with Gasteiger partial charge >= 0.3 is 0 Å². The lowest BCUT2D eigenvalue weighted by molar-refractivity contribution is -0.111. The minimum absolute atomic E-state index is 0.0985. The molecule has 0 radical (unpaired) electrons. The van der Waals surface area contributed by atoms with E-state index in [0.717, 1.165) is 0 Å². The first-order valence-electron chi connectivity index (χ1n) is 3.02. The van der Waals surface area contributed by atoms with Crippen LogP contribution in [0, 0.1) is 0 Å². The molecule has 6 heteroatoms. The standard InChI is InChI=1S/C5H8Cl2O3S/c6-5(8)3-1-2-4-11(7,9)10/h1-4H2. The van der Waals surface area contributed by atoms with E-state index in [1.165, 1.54) is 0 Å². The zero-order valence-electron chi connectivity index (χ0n) is 5.72. The zero-order chi connectivity index (χ0) is 8.91. The number of carbonyl (C=O) groups excluding carboxylic acids is 1. The smallest absolute Gasteiger partial charge is 0.232 e. The van der Waals surface area contributed by atoms with E-state index in [0.29, 0.717) is 12.8 Å². The monoisotopic (exact) mass is 218 g/mol. The van der Waals surface area contributed by atoms with Crippen LogP contribution in [-0.4, -0.2) is 19.4 Å². The van der Waals surface area contributed by atoms with Crippen LogP contribution in [-0.2, 0) is 13.8 Å². The number of hydrogen-bond donors (Lipinski definition) is 0. The average molecular weight is 219 g/mol. The Kier molecular flexibility index (Phi) is 5.04. The fourth-order valence-electron chi connectivity index (χ4n) is 0.538. The average Bonchev–Trinajstić information content (AvgIpc) is 1.78. The van der Waals surface area contributed by atoms with Crippen molar-refractivity contribution >= 4 is 36.6 Å². The molecule has 0 saturated heterocycles. The summed E-state index contributed by atoms with van der Waals surface area (Å²) in [5.41, 5.74) is 0. The van der Waals surface area contributed by atoms with Crippen molar-refractivity contribution in [1.29, 1.82) is 0 Å². The topological polar surface area (TPSA) is 51.2 Å². The van der Waals surface area contributed by atoms with Crippen LogP contribution in [0.4, 0.5) is 0 Å². The van der Waals surface area contributed by atoms with Gasteiger partial charge in [0.25, 0.3) is 0 Å². The highest BCUT2D eigenvalue weighted by atomic mass is 35.7. The van der Waals surface area contributed by atoms with Gasteiger partial charge in [0.2, 0.25) is 14.3 Å². The molecule has 0 aliphatic heterocycles. The van der Waals surface area contributed by atoms with E-state index < -0.39 is 14.3 Å². The fraction of sp³-hybridized carbons (Fsp3) is 0.800. The Morgan fingerprint density at radius 3 is 2.18 bits per heavy atom. The molecule has 0 fully saturated rings. The molecule has 0 unspecified atom stereocenters. The van der Waals surface area contributed by atoms with Gasteiger partial charge in [0.15, 0.2) is 0 Å². The molecule has 11 heavy (non-hydrogen) atoms. The number of carbonyl (C=O) groups is 1. The van der Waals surface area contributed by atoms with Crippen molar-refractivity contribution in [3.05, 3.63) is 0 Å². The molecule has 66 valence electrons. The van der Waals surface area contributed by atoms with Gasteiger partial charge in [0.05, 0.1) is 5.75 Å². The third-order valence-corrected chi connectivity index (χ3v) is 2.44. The molecular weight excluding hydrogens is 211 g/mol. The highest BCUT2D eigenvalue weighted by molar-refractivity contribution is 8.13. The van der Waals surface area contributed by atoms with Gasteiger partial charge in [-0.05, 0) is 24.4 Å². The highest BCUT2D eigenvalue weighted by Gasteiger charge is 2.04. The third-order valence-electron chi connectivity index (χ3n) is 1.01. The third kappa shape index (κ3) is 10.2. The molecule has 0 spiro atoms. The van der Waals surface area contributed by atoms with Crippen molar-refractivity contribution in [1.82, 2.24) is 0 Å². The molecule has 0 bridgehead atoms. The van der Waals surface area contributed by atoms with Gasteiger partial charge in [-0.2, -0.15) is 0 Å². The lowest BCUT2D eigenvalue weighted by Gasteiger charge is -1.93. The van der Waals surface area contributed by atoms with E-state index in [9.17, 15) is 13.2 Å². The molecular formula is C5H8Cl2O3S. The second-order valence-corrected chi connectivity index (χ2v) is 5.37. The molecule has 0 aromatic rings. The summed E-state index contributed by atoms with van der Waals surface area (Å²) in [6.45, 7) is 0. The molecule has 0 heterocycles. The number of unbranched alkanes of at least 4 members (excludes halogenated alkanes) is 1. The Balaban J connectivity index is 3.37. The fourth-order valence-corrected chi connectivity index (χ4v) is 1.55. The summed E-state index contributed by atoms with van der Waals surface area (Å²) in [5.74, 6) is -0.0985. The van der Waals surface area contributed by atoms with Gasteiger partial charge < -0.3 is 0 Å². The van der Waals surface area contributed by atoms with Crippen LogP contribution in [0.3, 0.4) is 0 Å². The zero-order valence-corrected chi connectivity index (χ0v) is 8.05. The molecule has 0 N–H and O–H groups in total. The minimum Gasteiger partial charge on any atom is -0.281 e. The van der Waals surface area contributed by atoms with Gasteiger partial charge in [-0.3, -0.25) is 4.79 Å². The molecule has 0 aliphatic rings. The predicted octanol–water partition coefficient (Wildman–Crippen LogP) is 1.49. The van der Waals surface area contributed by atoms with E-state index in [1.54, 1.807) is 0 Å². The SMILES string of the molecule is O=C(Cl)CCCCS(=O)(=O)Cl. The van der Waals surface area contributed by atoms with Gasteiger partial charge in [-0.25, -0.2) is 8.42 Å². The van der Waals surface area contributed by atoms with Crippen LogP contribution in [0.2, 0.25) is 0 Å². The molecule has 0 saturated carbocycles. The largest absolute Gasteiger partial charge is 0.281 e. The summed E-state index contributed by atoms with van der Waals surface area (Å²) in [6.07, 6.45) is 1.05. The van der Waals surface area contributed by atoms with E-state index in [4.69, 9.17) is 22.3 Å². The van der Waals surface area contributed by atoms with Crippen LogP contribution in [0.25, 0.3) is 0 Å². The predicted molar refractivity (Wildman–Crippen MR) is 44.4 cm³/mol. The second kappa shape index (κ2) is 4.95. The van der Waals surface area contributed by atoms with Crippen molar-refractivity contribution in [3.63, 3.8) is 0 Å². The maximum atomic E-state index is 10.3. The van der Waals surface area contributed by atoms with Gasteiger partial charge in [0.1, 0.15) is 0 Å². The van der Waals surface area contributed by atoms with Crippen LogP contribution in [0.15, 0.2) is 0 Å². The summed E-state index contributed by atoms with van der Waals surface area (Å²) in [4.78, 5) is 10.2. The van der Waals surface area contributed by atoms with E-state index in [2.05, 4.69) is 0 Å². The van der Waals surface area contributed by atoms with Crippen molar-refractivity contribution in [2.45, 2.75) is 19.3 Å². The van der Waals surface area contributed by atoms with Crippen LogP contribution < -0.4 is 0 Å².